The van der Waals surface area contributed by atoms with Crippen molar-refractivity contribution in [3.63, 3.8) is 0 Å². The van der Waals surface area contributed by atoms with Crippen LogP contribution in [0, 0.1) is 16.7 Å². The van der Waals surface area contributed by atoms with Crippen molar-refractivity contribution in [3.8, 4) is 0 Å². The minimum absolute atomic E-state index is 0.0534. The molecule has 7 aliphatic rings. The molecule has 76 heavy (non-hydrogen) atoms. The first kappa shape index (κ1) is 56.9. The van der Waals surface area contributed by atoms with Crippen LogP contribution >= 0.6 is 0 Å². The number of benzene rings is 1. The van der Waals surface area contributed by atoms with E-state index in [2.05, 4.69) is 11.9 Å². The fraction of sp³-hybridized carbons (Fsp3) is 0.702. The van der Waals surface area contributed by atoms with Crippen molar-refractivity contribution in [2.24, 2.45) is 16.7 Å². The number of aliphatic hydroxyl groups is 5. The first-order valence-electron chi connectivity index (χ1n) is 26.9. The molecule has 3 saturated heterocycles. The van der Waals surface area contributed by atoms with Crippen LogP contribution in [0.5, 0.6) is 0 Å². The van der Waals surface area contributed by atoms with Crippen LogP contribution < -0.4 is 0 Å². The Kier molecular flexibility index (Phi) is 16.8. The first-order chi connectivity index (χ1) is 36.1. The van der Waals surface area contributed by atoms with Crippen LogP contribution in [0.1, 0.15) is 115 Å². The van der Waals surface area contributed by atoms with Gasteiger partial charge in [0.1, 0.15) is 59.5 Å². The fourth-order valence-electron chi connectivity index (χ4n) is 14.3. The molecule has 4 heterocycles. The molecule has 19 heteroatoms. The Bertz CT molecular complexity index is 2400. The molecule has 1 aromatic carbocycles. The molecule has 4 aliphatic carbocycles. The molecule has 420 valence electrons. The number of hydrogen-bond donors (Lipinski definition) is 5. The van der Waals surface area contributed by atoms with Crippen molar-refractivity contribution >= 4 is 18.0 Å². The summed E-state index contributed by atoms with van der Waals surface area (Å²) < 4.78 is 68.0. The van der Waals surface area contributed by atoms with Crippen LogP contribution in [-0.4, -0.2) is 179 Å². The Morgan fingerprint density at radius 3 is 2.09 bits per heavy atom. The monoisotopic (exact) mass is 1070 g/mol. The lowest BCUT2D eigenvalue weighted by atomic mass is 9.42. The van der Waals surface area contributed by atoms with Gasteiger partial charge >= 0.3 is 11.9 Å². The van der Waals surface area contributed by atoms with Crippen LogP contribution in [0.4, 0.5) is 0 Å². The van der Waals surface area contributed by atoms with Crippen molar-refractivity contribution in [2.45, 2.75) is 214 Å². The molecule has 9 rings (SSSR count). The molecule has 0 spiro atoms. The molecule has 0 unspecified atom stereocenters. The normalized spacial score (nSPS) is 44.7. The molecule has 5 N–H and O–H groups in total. The van der Waals surface area contributed by atoms with Gasteiger partial charge in [0.05, 0.1) is 47.6 Å². The molecule has 19 nitrogen and oxygen atoms in total. The summed E-state index contributed by atoms with van der Waals surface area (Å²) in [7, 11) is 4.60. The summed E-state index contributed by atoms with van der Waals surface area (Å²) >= 11 is 0. The molecule has 0 amide bonds. The van der Waals surface area contributed by atoms with Gasteiger partial charge in [-0.2, -0.15) is 0 Å². The quantitative estimate of drug-likeness (QED) is 0.0919. The van der Waals surface area contributed by atoms with Crippen molar-refractivity contribution in [1.29, 1.82) is 0 Å². The summed E-state index contributed by atoms with van der Waals surface area (Å²) in [5.41, 5.74) is -6.13. The van der Waals surface area contributed by atoms with Gasteiger partial charge in [0.25, 0.3) is 0 Å². The first-order valence-corrected chi connectivity index (χ1v) is 26.9. The largest absolute Gasteiger partial charge is 0.458 e. The predicted octanol–water partition coefficient (Wildman–Crippen LogP) is 4.72. The van der Waals surface area contributed by atoms with E-state index in [9.17, 15) is 35.1 Å². The maximum absolute atomic E-state index is 13.9. The van der Waals surface area contributed by atoms with Gasteiger partial charge in [-0.25, -0.2) is 9.59 Å². The number of aliphatic hydroxyl groups excluding tert-OH is 2. The Labute approximate surface area is 445 Å². The lowest BCUT2D eigenvalue weighted by molar-refractivity contribution is -0.352. The number of carbonyl (C=O) groups is 2. The number of rotatable bonds is 15. The zero-order valence-electron chi connectivity index (χ0n) is 45.1. The molecule has 2 aromatic rings. The van der Waals surface area contributed by atoms with Crippen LogP contribution in [-0.2, 0) is 56.9 Å². The van der Waals surface area contributed by atoms with Crippen molar-refractivity contribution < 1.29 is 87.2 Å². The minimum atomic E-state index is -2.01. The predicted molar refractivity (Wildman–Crippen MR) is 271 cm³/mol. The average molecular weight is 1070 g/mol. The van der Waals surface area contributed by atoms with Crippen molar-refractivity contribution in [3.05, 3.63) is 83.7 Å². The zero-order chi connectivity index (χ0) is 54.5. The highest BCUT2D eigenvalue weighted by Crippen LogP contribution is 2.71. The number of methoxy groups -OCH3 is 3. The van der Waals surface area contributed by atoms with E-state index in [1.807, 2.05) is 50.3 Å². The van der Waals surface area contributed by atoms with Crippen molar-refractivity contribution in [1.82, 2.24) is 4.98 Å². The fourth-order valence-corrected chi connectivity index (χ4v) is 14.3. The number of pyridine rings is 1. The summed E-state index contributed by atoms with van der Waals surface area (Å²) in [6, 6.07) is 12.5. The van der Waals surface area contributed by atoms with Crippen LogP contribution in [0.2, 0.25) is 0 Å². The highest BCUT2D eigenvalue weighted by molar-refractivity contribution is 5.89. The Hall–Kier alpha value is -3.77. The van der Waals surface area contributed by atoms with Crippen LogP contribution in [0.3, 0.4) is 0 Å². The summed E-state index contributed by atoms with van der Waals surface area (Å²) in [4.78, 5) is 31.4. The molecular weight excluding hydrogens is 987 g/mol. The second-order valence-electron chi connectivity index (χ2n) is 22.7. The van der Waals surface area contributed by atoms with Crippen molar-refractivity contribution in [2.75, 3.05) is 21.3 Å². The standard InChI is InChI=1S/C57H79NO18/c1-31-46(60)50(68-9)47(61)52(71-31)76-49-33(3)70-45(28-40(49)67-8)75-48-32(2)69-44(27-39(48)66-7)73-38-20-21-53(5)37(26-38)19-22-56(64)41(53)29-42(74-43(59)18-17-35-14-11-10-12-15-35)54(6)55(63,23-24-57(54,56)65)34(4)72-51(62)36-16-13-25-58-30-36/h10-19,25,30-34,38-42,44-50,52,60-61,63-65H,20-24,26-29H2,1-9H3/t31-,32-,33-,34+,38+,39+,40-,41-,42-,44+,45+,46-,47-,48-,49-,50+,52+,53+,54-,55-,56+,57-/m1/s1. The van der Waals surface area contributed by atoms with Gasteiger partial charge in [0, 0.05) is 58.6 Å². The second-order valence-corrected chi connectivity index (χ2v) is 22.7. The molecule has 3 saturated carbocycles. The summed E-state index contributed by atoms with van der Waals surface area (Å²) in [5, 5.41) is 61.0. The highest BCUT2D eigenvalue weighted by Gasteiger charge is 2.81. The van der Waals surface area contributed by atoms with Gasteiger partial charge in [0.2, 0.25) is 0 Å². The number of carbonyl (C=O) groups excluding carboxylic acids is 2. The Balaban J connectivity index is 0.881. The second kappa shape index (κ2) is 22.4. The van der Waals surface area contributed by atoms with E-state index in [-0.39, 0.29) is 37.4 Å². The minimum Gasteiger partial charge on any atom is -0.458 e. The highest BCUT2D eigenvalue weighted by atomic mass is 16.8. The summed E-state index contributed by atoms with van der Waals surface area (Å²) in [6.45, 7) is 10.7. The number of ether oxygens (including phenoxy) is 11. The number of nitrogens with zero attached hydrogens (tertiary/aromatic N) is 1. The van der Waals surface area contributed by atoms with Gasteiger partial charge in [-0.05, 0) is 102 Å². The number of aromatic nitrogens is 1. The zero-order valence-corrected chi connectivity index (χ0v) is 45.1. The van der Waals surface area contributed by atoms with Crippen LogP contribution in [0.25, 0.3) is 6.08 Å². The average Bonchev–Trinajstić information content (AvgIpc) is 3.26. The van der Waals surface area contributed by atoms with E-state index in [0.29, 0.717) is 32.1 Å². The molecule has 22 atom stereocenters. The lowest BCUT2D eigenvalue weighted by Crippen LogP contribution is -2.78. The number of hydrogen-bond acceptors (Lipinski definition) is 19. The Morgan fingerprint density at radius 1 is 0.776 bits per heavy atom. The van der Waals surface area contributed by atoms with Gasteiger partial charge in [-0.1, -0.05) is 55.8 Å². The van der Waals surface area contributed by atoms with Crippen LogP contribution in [0.15, 0.2) is 72.6 Å². The molecule has 3 aliphatic heterocycles. The third kappa shape index (κ3) is 10.0. The van der Waals surface area contributed by atoms with E-state index in [4.69, 9.17) is 52.1 Å². The van der Waals surface area contributed by atoms with Gasteiger partial charge in [-0.15, -0.1) is 0 Å². The van der Waals surface area contributed by atoms with Gasteiger partial charge in [-0.3, -0.25) is 4.98 Å². The summed E-state index contributed by atoms with van der Waals surface area (Å²) in [6.07, 6.45) is -1.79. The van der Waals surface area contributed by atoms with Gasteiger partial charge < -0.3 is 77.6 Å². The summed E-state index contributed by atoms with van der Waals surface area (Å²) in [5.74, 6) is -2.02. The molecule has 6 fully saturated rings. The number of fused-ring (bicyclic) bond motifs is 5. The molecule has 0 radical (unpaired) electrons. The smallest absolute Gasteiger partial charge is 0.340 e. The maximum Gasteiger partial charge on any atom is 0.340 e. The van der Waals surface area contributed by atoms with E-state index >= 15 is 0 Å². The van der Waals surface area contributed by atoms with E-state index in [1.165, 1.54) is 25.6 Å². The third-order valence-corrected chi connectivity index (χ3v) is 18.8. The Morgan fingerprint density at radius 2 is 1.45 bits per heavy atom. The molecule has 1 aromatic heterocycles. The third-order valence-electron chi connectivity index (χ3n) is 18.8. The van der Waals surface area contributed by atoms with Gasteiger partial charge in [0.15, 0.2) is 18.9 Å². The van der Waals surface area contributed by atoms with E-state index in [0.717, 1.165) is 11.1 Å². The topological polar surface area (TPSA) is 250 Å². The molecule has 0 bridgehead atoms. The lowest BCUT2D eigenvalue weighted by Gasteiger charge is -2.67. The molecular formula is C57H79NO18. The number of esters is 2. The van der Waals surface area contributed by atoms with E-state index in [1.54, 1.807) is 53.2 Å². The van der Waals surface area contributed by atoms with E-state index < -0.39 is 138 Å². The maximum atomic E-state index is 13.9. The SMILES string of the molecule is CO[C@@H]1[C@@H](O)[C@H](O[C@@H]2[C@@H](C)O[C@@H](O[C@H]3[C@@H](OC)C[C@H](O[C@H]4CC[C@@]5(C)C(=CC[C@]6(O)[C@@H]5C[C@@H](OC(=O)C=Cc5ccccc5)[C@@]5(C)[C@]6(O)CC[C@@]5(O)[C@H](C)OC(=O)c5cccnc5)C4)O[C@@H]3C)C[C@H]2OC)O[C@H](C)[C@H]1O.